The Balaban J connectivity index is 1.60. The third-order valence-electron chi connectivity index (χ3n) is 5.42. The molecule has 2 atom stereocenters. The summed E-state index contributed by atoms with van der Waals surface area (Å²) in [5.41, 5.74) is 4.26. The van der Waals surface area contributed by atoms with Crippen molar-refractivity contribution in [2.45, 2.75) is 24.5 Å². The van der Waals surface area contributed by atoms with E-state index >= 15 is 0 Å². The minimum absolute atomic E-state index is 0.0445. The Kier molecular flexibility index (Phi) is 8.02. The number of aliphatic hydroxyl groups excluding tert-OH is 1. The number of hydrogen-bond donors (Lipinski definition) is 4. The van der Waals surface area contributed by atoms with Gasteiger partial charge in [0.05, 0.1) is 12.5 Å². The van der Waals surface area contributed by atoms with Gasteiger partial charge in [-0.05, 0) is 36.3 Å². The van der Waals surface area contributed by atoms with Crippen LogP contribution in [0.2, 0.25) is 0 Å². The summed E-state index contributed by atoms with van der Waals surface area (Å²) >= 11 is 0. The van der Waals surface area contributed by atoms with Gasteiger partial charge in [-0.2, -0.15) is 0 Å². The maximum Gasteiger partial charge on any atom is 0.407 e. The van der Waals surface area contributed by atoms with E-state index in [0.717, 1.165) is 22.3 Å². The smallest absolute Gasteiger partial charge is 0.407 e. The fourth-order valence-electron chi connectivity index (χ4n) is 3.99. The molecular weight excluding hydrogens is 426 g/mol. The second-order valence-electron chi connectivity index (χ2n) is 8.28. The van der Waals surface area contributed by atoms with Crippen molar-refractivity contribution in [3.8, 4) is 11.1 Å². The van der Waals surface area contributed by atoms with E-state index in [2.05, 4.69) is 10.6 Å². The lowest BCUT2D eigenvalue weighted by Gasteiger charge is -2.20. The molecule has 0 heterocycles. The van der Waals surface area contributed by atoms with E-state index < -0.39 is 36.5 Å². The van der Waals surface area contributed by atoms with Crippen LogP contribution in [0.25, 0.3) is 11.1 Å². The Morgan fingerprint density at radius 2 is 1.61 bits per heavy atom. The van der Waals surface area contributed by atoms with Crippen molar-refractivity contribution in [2.75, 3.05) is 33.8 Å². The number of fused-ring (bicyclic) bond motifs is 3. The lowest BCUT2D eigenvalue weighted by molar-refractivity contribution is -0.139. The Morgan fingerprint density at radius 3 is 2.15 bits per heavy atom. The van der Waals surface area contributed by atoms with Crippen molar-refractivity contribution in [2.24, 2.45) is 0 Å². The number of carboxylic acid groups (broad SMARTS) is 1. The SMILES string of the molecule is CN(C)CC(O)CNC(=O)C(CC(=O)O)NC(=O)OCC1c2ccccc2-c2ccccc21. The summed E-state index contributed by atoms with van der Waals surface area (Å²) in [5.74, 6) is -2.11. The monoisotopic (exact) mass is 455 g/mol. The molecule has 0 fully saturated rings. The van der Waals surface area contributed by atoms with Crippen LogP contribution in [0.1, 0.15) is 23.5 Å². The van der Waals surface area contributed by atoms with Gasteiger partial charge in [-0.15, -0.1) is 0 Å². The van der Waals surface area contributed by atoms with Crippen molar-refractivity contribution >= 4 is 18.0 Å². The number of aliphatic carboxylic acids is 1. The highest BCUT2D eigenvalue weighted by molar-refractivity contribution is 5.89. The summed E-state index contributed by atoms with van der Waals surface area (Å²) < 4.78 is 5.40. The predicted molar refractivity (Wildman–Crippen MR) is 122 cm³/mol. The molecule has 9 nitrogen and oxygen atoms in total. The predicted octanol–water partition coefficient (Wildman–Crippen LogP) is 1.41. The van der Waals surface area contributed by atoms with Crippen LogP contribution in [-0.4, -0.2) is 79.0 Å². The molecule has 3 rings (SSSR count). The highest BCUT2D eigenvalue weighted by Gasteiger charge is 2.30. The first-order valence-corrected chi connectivity index (χ1v) is 10.7. The number of likely N-dealkylation sites (N-methyl/N-ethyl adjacent to an activating group) is 1. The molecule has 0 aromatic heterocycles. The van der Waals surface area contributed by atoms with Crippen molar-refractivity contribution < 1.29 is 29.3 Å². The van der Waals surface area contributed by atoms with Gasteiger partial charge < -0.3 is 30.5 Å². The van der Waals surface area contributed by atoms with E-state index in [1.807, 2.05) is 48.5 Å². The molecule has 2 amide bonds. The maximum atomic E-state index is 12.4. The van der Waals surface area contributed by atoms with Crippen molar-refractivity contribution in [1.29, 1.82) is 0 Å². The average Bonchev–Trinajstić information content (AvgIpc) is 3.08. The van der Waals surface area contributed by atoms with Crippen LogP contribution >= 0.6 is 0 Å². The number of benzene rings is 2. The first-order valence-electron chi connectivity index (χ1n) is 10.7. The van der Waals surface area contributed by atoms with Gasteiger partial charge in [-0.3, -0.25) is 9.59 Å². The largest absolute Gasteiger partial charge is 0.481 e. The Labute approximate surface area is 192 Å². The molecule has 0 bridgehead atoms. The Hall–Kier alpha value is -3.43. The maximum absolute atomic E-state index is 12.4. The summed E-state index contributed by atoms with van der Waals surface area (Å²) in [6.07, 6.45) is -2.32. The zero-order valence-corrected chi connectivity index (χ0v) is 18.7. The van der Waals surface area contributed by atoms with Crippen LogP contribution < -0.4 is 10.6 Å². The van der Waals surface area contributed by atoms with Crippen LogP contribution in [0.15, 0.2) is 48.5 Å². The topological polar surface area (TPSA) is 128 Å². The molecule has 0 saturated carbocycles. The summed E-state index contributed by atoms with van der Waals surface area (Å²) in [6.45, 7) is 0.298. The molecule has 0 spiro atoms. The zero-order valence-electron chi connectivity index (χ0n) is 18.7. The van der Waals surface area contributed by atoms with Crippen molar-refractivity contribution in [1.82, 2.24) is 15.5 Å². The molecule has 176 valence electrons. The standard InChI is InChI=1S/C24H29N3O6/c1-27(2)13-15(28)12-25-23(31)21(11-22(29)30)26-24(32)33-14-20-18-9-5-3-7-16(18)17-8-4-6-10-19(17)20/h3-10,15,20-21,28H,11-14H2,1-2H3,(H,25,31)(H,26,32)(H,29,30). The molecular formula is C24H29N3O6. The molecule has 2 aromatic rings. The number of carbonyl (C=O) groups is 3. The van der Waals surface area contributed by atoms with Crippen LogP contribution in [-0.2, 0) is 14.3 Å². The number of alkyl carbamates (subject to hydrolysis) is 1. The van der Waals surface area contributed by atoms with Gasteiger partial charge in [0, 0.05) is 19.0 Å². The van der Waals surface area contributed by atoms with E-state index in [-0.39, 0.29) is 19.1 Å². The van der Waals surface area contributed by atoms with Crippen LogP contribution in [0.4, 0.5) is 4.79 Å². The van der Waals surface area contributed by atoms with E-state index in [1.54, 1.807) is 19.0 Å². The van der Waals surface area contributed by atoms with E-state index in [0.29, 0.717) is 6.54 Å². The van der Waals surface area contributed by atoms with E-state index in [1.165, 1.54) is 0 Å². The second kappa shape index (κ2) is 10.9. The molecule has 1 aliphatic carbocycles. The molecule has 0 saturated heterocycles. The zero-order chi connectivity index (χ0) is 24.0. The van der Waals surface area contributed by atoms with E-state index in [9.17, 15) is 19.5 Å². The van der Waals surface area contributed by atoms with Gasteiger partial charge >= 0.3 is 12.1 Å². The number of hydrogen-bond acceptors (Lipinski definition) is 6. The van der Waals surface area contributed by atoms with Gasteiger partial charge in [0.15, 0.2) is 0 Å². The van der Waals surface area contributed by atoms with Gasteiger partial charge in [-0.1, -0.05) is 48.5 Å². The number of amides is 2. The quantitative estimate of drug-likeness (QED) is 0.426. The molecule has 0 aliphatic heterocycles. The molecule has 2 unspecified atom stereocenters. The number of rotatable bonds is 10. The summed E-state index contributed by atoms with van der Waals surface area (Å²) in [5, 5.41) is 23.8. The summed E-state index contributed by atoms with van der Waals surface area (Å²) in [7, 11) is 3.55. The van der Waals surface area contributed by atoms with Gasteiger partial charge in [0.2, 0.25) is 5.91 Å². The first-order chi connectivity index (χ1) is 15.8. The lowest BCUT2D eigenvalue weighted by atomic mass is 9.98. The van der Waals surface area contributed by atoms with Crippen molar-refractivity contribution in [3.05, 3.63) is 59.7 Å². The van der Waals surface area contributed by atoms with Gasteiger partial charge in [0.1, 0.15) is 12.6 Å². The Morgan fingerprint density at radius 1 is 1.03 bits per heavy atom. The molecule has 9 heteroatoms. The number of aliphatic hydroxyl groups is 1. The van der Waals surface area contributed by atoms with Gasteiger partial charge in [-0.25, -0.2) is 4.79 Å². The molecule has 4 N–H and O–H groups in total. The second-order valence-corrected chi connectivity index (χ2v) is 8.28. The van der Waals surface area contributed by atoms with Crippen LogP contribution in [0, 0.1) is 0 Å². The summed E-state index contributed by atoms with van der Waals surface area (Å²) in [4.78, 5) is 37.8. The molecule has 1 aliphatic rings. The third-order valence-corrected chi connectivity index (χ3v) is 5.42. The number of nitrogens with zero attached hydrogens (tertiary/aromatic N) is 1. The number of ether oxygens (including phenoxy) is 1. The number of nitrogens with one attached hydrogen (secondary N) is 2. The third kappa shape index (κ3) is 6.30. The molecule has 2 aromatic carbocycles. The minimum Gasteiger partial charge on any atom is -0.481 e. The van der Waals surface area contributed by atoms with Gasteiger partial charge in [0.25, 0.3) is 0 Å². The van der Waals surface area contributed by atoms with E-state index in [4.69, 9.17) is 9.84 Å². The normalized spacial score (nSPS) is 14.2. The average molecular weight is 456 g/mol. The van der Waals surface area contributed by atoms with Crippen LogP contribution in [0.3, 0.4) is 0 Å². The fraction of sp³-hybridized carbons (Fsp3) is 0.375. The number of carbonyl (C=O) groups excluding carboxylic acids is 2. The molecule has 33 heavy (non-hydrogen) atoms. The summed E-state index contributed by atoms with van der Waals surface area (Å²) in [6, 6.07) is 14.4. The fourth-order valence-corrected chi connectivity index (χ4v) is 3.99. The van der Waals surface area contributed by atoms with Crippen molar-refractivity contribution in [3.63, 3.8) is 0 Å². The number of carboxylic acids is 1. The lowest BCUT2D eigenvalue weighted by Crippen LogP contribution is -2.50. The highest BCUT2D eigenvalue weighted by atomic mass is 16.5. The first kappa shape index (κ1) is 24.2. The Bertz CT molecular complexity index is 964. The molecule has 0 radical (unpaired) electrons. The van der Waals surface area contributed by atoms with Crippen LogP contribution in [0.5, 0.6) is 0 Å². The minimum atomic E-state index is -1.33. The highest BCUT2D eigenvalue weighted by Crippen LogP contribution is 2.44.